The third kappa shape index (κ3) is 5.46. The molecule has 0 saturated heterocycles. The molecule has 10 aromatic carbocycles. The van der Waals surface area contributed by atoms with Crippen molar-refractivity contribution in [2.75, 3.05) is 4.90 Å². The Morgan fingerprint density at radius 2 is 0.875 bits per heavy atom. The number of fused-ring (bicyclic) bond motifs is 7. The molecule has 0 bridgehead atoms. The number of anilines is 3. The highest BCUT2D eigenvalue weighted by atomic mass is 32.1. The fraction of sp³-hybridized carbons (Fsp3) is 0. The SMILES string of the molecule is c1ccc(-c2ccc(-c3cccc(N(c4ccc5c(c4)sc4c6ccccc6c(-c6cccc7ccccc67)cc54)c4cccc5ccccc45)c3)cc2)cc1. The van der Waals surface area contributed by atoms with Crippen LogP contribution >= 0.6 is 11.3 Å². The highest BCUT2D eigenvalue weighted by Crippen LogP contribution is 2.47. The van der Waals surface area contributed by atoms with E-state index in [0.29, 0.717) is 0 Å². The maximum Gasteiger partial charge on any atom is 0.0540 e. The quantitative estimate of drug-likeness (QED) is 0.165. The second-order valence-electron chi connectivity index (χ2n) is 14.5. The lowest BCUT2D eigenvalue weighted by molar-refractivity contribution is 1.30. The van der Waals surface area contributed by atoms with Crippen molar-refractivity contribution in [3.63, 3.8) is 0 Å². The Morgan fingerprint density at radius 1 is 0.304 bits per heavy atom. The van der Waals surface area contributed by atoms with Crippen LogP contribution in [0.1, 0.15) is 0 Å². The molecular formula is C54H35NS. The molecule has 1 aromatic heterocycles. The lowest BCUT2D eigenvalue weighted by Gasteiger charge is -2.27. The first kappa shape index (κ1) is 32.4. The zero-order chi connectivity index (χ0) is 37.0. The summed E-state index contributed by atoms with van der Waals surface area (Å²) >= 11 is 1.90. The van der Waals surface area contributed by atoms with Gasteiger partial charge in [-0.1, -0.05) is 176 Å². The van der Waals surface area contributed by atoms with Crippen LogP contribution in [-0.2, 0) is 0 Å². The third-order valence-electron chi connectivity index (χ3n) is 11.2. The first-order valence-corrected chi connectivity index (χ1v) is 20.0. The fourth-order valence-corrected chi connectivity index (χ4v) is 9.80. The van der Waals surface area contributed by atoms with Crippen molar-refractivity contribution in [3.8, 4) is 33.4 Å². The van der Waals surface area contributed by atoms with Gasteiger partial charge < -0.3 is 4.90 Å². The molecule has 0 unspecified atom stereocenters. The van der Waals surface area contributed by atoms with E-state index >= 15 is 0 Å². The fourth-order valence-electron chi connectivity index (χ4n) is 8.55. The second kappa shape index (κ2) is 13.4. The molecule has 0 spiro atoms. The van der Waals surface area contributed by atoms with E-state index in [9.17, 15) is 0 Å². The highest BCUT2D eigenvalue weighted by molar-refractivity contribution is 7.26. The van der Waals surface area contributed by atoms with Crippen molar-refractivity contribution < 1.29 is 0 Å². The summed E-state index contributed by atoms with van der Waals surface area (Å²) in [6.07, 6.45) is 0. The van der Waals surface area contributed by atoms with E-state index in [1.807, 2.05) is 11.3 Å². The Labute approximate surface area is 330 Å². The summed E-state index contributed by atoms with van der Waals surface area (Å²) in [7, 11) is 0. The molecule has 0 aliphatic heterocycles. The van der Waals surface area contributed by atoms with Gasteiger partial charge in [0, 0.05) is 42.3 Å². The number of hydrogen-bond donors (Lipinski definition) is 0. The van der Waals surface area contributed by atoms with Gasteiger partial charge in [0.25, 0.3) is 0 Å². The first-order chi connectivity index (χ1) is 27.8. The minimum absolute atomic E-state index is 1.12. The Morgan fingerprint density at radius 3 is 1.68 bits per heavy atom. The van der Waals surface area contributed by atoms with E-state index in [1.165, 1.54) is 85.9 Å². The molecule has 0 atom stereocenters. The van der Waals surface area contributed by atoms with Crippen LogP contribution in [0, 0.1) is 0 Å². The summed E-state index contributed by atoms with van der Waals surface area (Å²) in [5.41, 5.74) is 10.8. The van der Waals surface area contributed by atoms with Gasteiger partial charge in [0.1, 0.15) is 0 Å². The van der Waals surface area contributed by atoms with Gasteiger partial charge >= 0.3 is 0 Å². The average molecular weight is 730 g/mol. The van der Waals surface area contributed by atoms with Crippen molar-refractivity contribution in [2.24, 2.45) is 0 Å². The third-order valence-corrected chi connectivity index (χ3v) is 12.4. The van der Waals surface area contributed by atoms with Gasteiger partial charge in [-0.25, -0.2) is 0 Å². The molecule has 1 heterocycles. The number of thiophene rings is 1. The standard InChI is InChI=1S/C54H35NS/c1-2-13-36(14-3-1)37-27-29-38(30-28-37)41-19-10-20-42(33-41)55(52-26-12-18-40-16-5-7-22-45(40)52)43-31-32-48-51-35-50(46-25-11-17-39-15-4-6-21-44(39)46)47-23-8-9-24-49(47)54(51)56-53(48)34-43/h1-35H. The molecule has 0 amide bonds. The Bertz CT molecular complexity index is 3240. The van der Waals surface area contributed by atoms with E-state index in [4.69, 9.17) is 0 Å². The van der Waals surface area contributed by atoms with Crippen molar-refractivity contribution >= 4 is 80.9 Å². The van der Waals surface area contributed by atoms with Crippen LogP contribution in [0.3, 0.4) is 0 Å². The van der Waals surface area contributed by atoms with Gasteiger partial charge in [-0.05, 0) is 91.3 Å². The molecule has 56 heavy (non-hydrogen) atoms. The molecular weight excluding hydrogens is 695 g/mol. The van der Waals surface area contributed by atoms with Crippen LogP contribution in [0.4, 0.5) is 17.1 Å². The monoisotopic (exact) mass is 729 g/mol. The van der Waals surface area contributed by atoms with E-state index in [-0.39, 0.29) is 0 Å². The average Bonchev–Trinajstić information content (AvgIpc) is 3.65. The molecule has 11 aromatic rings. The zero-order valence-corrected chi connectivity index (χ0v) is 31.4. The van der Waals surface area contributed by atoms with Crippen LogP contribution in [0.5, 0.6) is 0 Å². The molecule has 0 aliphatic carbocycles. The van der Waals surface area contributed by atoms with Gasteiger partial charge in [-0.3, -0.25) is 0 Å². The first-order valence-electron chi connectivity index (χ1n) is 19.2. The normalized spacial score (nSPS) is 11.6. The molecule has 11 rings (SSSR count). The summed E-state index contributed by atoms with van der Waals surface area (Å²) < 4.78 is 2.60. The molecule has 262 valence electrons. The predicted octanol–water partition coefficient (Wildman–Crippen LogP) is 16.0. The molecule has 1 nitrogen and oxygen atoms in total. The number of hydrogen-bond acceptors (Lipinski definition) is 2. The van der Waals surface area contributed by atoms with Crippen molar-refractivity contribution in [3.05, 3.63) is 212 Å². The topological polar surface area (TPSA) is 3.24 Å². The van der Waals surface area contributed by atoms with Crippen molar-refractivity contribution in [1.82, 2.24) is 0 Å². The Hall–Kier alpha value is -7.00. The lowest BCUT2D eigenvalue weighted by atomic mass is 9.92. The van der Waals surface area contributed by atoms with E-state index < -0.39 is 0 Å². The Kier molecular flexibility index (Phi) is 7.75. The summed E-state index contributed by atoms with van der Waals surface area (Å²) in [6, 6.07) is 77.6. The second-order valence-corrected chi connectivity index (χ2v) is 15.5. The van der Waals surface area contributed by atoms with Crippen LogP contribution in [0.25, 0.3) is 85.9 Å². The number of rotatable bonds is 6. The molecule has 0 radical (unpaired) electrons. The van der Waals surface area contributed by atoms with Gasteiger partial charge in [-0.15, -0.1) is 11.3 Å². The van der Waals surface area contributed by atoms with Crippen molar-refractivity contribution in [1.29, 1.82) is 0 Å². The largest absolute Gasteiger partial charge is 0.310 e. The smallest absolute Gasteiger partial charge is 0.0540 e. The molecule has 0 saturated carbocycles. The minimum atomic E-state index is 1.12. The van der Waals surface area contributed by atoms with Gasteiger partial charge in [0.05, 0.1) is 5.69 Å². The van der Waals surface area contributed by atoms with E-state index in [0.717, 1.165) is 17.1 Å². The maximum absolute atomic E-state index is 2.44. The number of benzene rings is 10. The van der Waals surface area contributed by atoms with Crippen LogP contribution in [0.15, 0.2) is 212 Å². The van der Waals surface area contributed by atoms with E-state index in [2.05, 4.69) is 217 Å². The molecule has 0 N–H and O–H groups in total. The van der Waals surface area contributed by atoms with E-state index in [1.54, 1.807) is 0 Å². The van der Waals surface area contributed by atoms with Crippen LogP contribution in [-0.4, -0.2) is 0 Å². The predicted molar refractivity (Wildman–Crippen MR) is 243 cm³/mol. The molecule has 0 fully saturated rings. The van der Waals surface area contributed by atoms with Crippen molar-refractivity contribution in [2.45, 2.75) is 0 Å². The summed E-state index contributed by atoms with van der Waals surface area (Å²) in [6.45, 7) is 0. The number of nitrogens with zero attached hydrogens (tertiary/aromatic N) is 1. The van der Waals surface area contributed by atoms with Gasteiger partial charge in [0.2, 0.25) is 0 Å². The highest BCUT2D eigenvalue weighted by Gasteiger charge is 2.19. The van der Waals surface area contributed by atoms with Crippen LogP contribution in [0.2, 0.25) is 0 Å². The maximum atomic E-state index is 2.44. The van der Waals surface area contributed by atoms with Crippen LogP contribution < -0.4 is 4.90 Å². The van der Waals surface area contributed by atoms with Gasteiger partial charge in [-0.2, -0.15) is 0 Å². The summed E-state index contributed by atoms with van der Waals surface area (Å²) in [5, 5.41) is 10.1. The minimum Gasteiger partial charge on any atom is -0.310 e. The summed E-state index contributed by atoms with van der Waals surface area (Å²) in [4.78, 5) is 2.44. The molecule has 0 aliphatic rings. The lowest BCUT2D eigenvalue weighted by Crippen LogP contribution is -2.10. The zero-order valence-electron chi connectivity index (χ0n) is 30.6. The molecule has 2 heteroatoms. The van der Waals surface area contributed by atoms with Gasteiger partial charge in [0.15, 0.2) is 0 Å². The Balaban J connectivity index is 1.09. The summed E-state index contributed by atoms with van der Waals surface area (Å²) in [5.74, 6) is 0.